The lowest BCUT2D eigenvalue weighted by atomic mass is 10.1. The molecule has 0 aliphatic carbocycles. The first-order valence-corrected chi connectivity index (χ1v) is 6.76. The minimum absolute atomic E-state index is 0.516. The van der Waals surface area contributed by atoms with Gasteiger partial charge in [-0.25, -0.2) is 0 Å². The Morgan fingerprint density at radius 3 is 3.17 bits per heavy atom. The Labute approximate surface area is 109 Å². The monoisotopic (exact) mass is 249 g/mol. The lowest BCUT2D eigenvalue weighted by Crippen LogP contribution is -2.29. The van der Waals surface area contributed by atoms with Crippen LogP contribution >= 0.6 is 0 Å². The summed E-state index contributed by atoms with van der Waals surface area (Å²) in [5.41, 5.74) is 2.76. The van der Waals surface area contributed by atoms with Crippen LogP contribution in [0.3, 0.4) is 0 Å². The van der Waals surface area contributed by atoms with Crippen molar-refractivity contribution in [2.24, 2.45) is 0 Å². The first-order chi connectivity index (χ1) is 8.79. The van der Waals surface area contributed by atoms with E-state index >= 15 is 0 Å². The molecule has 0 bridgehead atoms. The summed E-state index contributed by atoms with van der Waals surface area (Å²) in [6.07, 6.45) is 3.19. The van der Waals surface area contributed by atoms with Crippen LogP contribution in [0, 0.1) is 0 Å². The molecule has 1 atom stereocenters. The Morgan fingerprint density at radius 1 is 1.44 bits per heavy atom. The number of benzene rings is 1. The van der Waals surface area contributed by atoms with Gasteiger partial charge in [0.15, 0.2) is 0 Å². The van der Waals surface area contributed by atoms with E-state index in [9.17, 15) is 0 Å². The molecule has 3 heteroatoms. The van der Waals surface area contributed by atoms with Gasteiger partial charge in [0.25, 0.3) is 0 Å². The molecule has 1 unspecified atom stereocenters. The second-order valence-corrected chi connectivity index (χ2v) is 4.93. The molecule has 0 fully saturated rings. The fraction of sp³-hybridized carbons (Fsp3) is 0.600. The van der Waals surface area contributed by atoms with Crippen molar-refractivity contribution in [3.05, 3.63) is 29.3 Å². The summed E-state index contributed by atoms with van der Waals surface area (Å²) < 4.78 is 10.6. The molecule has 0 aromatic heterocycles. The first-order valence-electron chi connectivity index (χ1n) is 6.76. The summed E-state index contributed by atoms with van der Waals surface area (Å²) >= 11 is 0. The summed E-state index contributed by atoms with van der Waals surface area (Å²) in [7, 11) is 1.75. The fourth-order valence-electron chi connectivity index (χ4n) is 2.26. The maximum absolute atomic E-state index is 5.51. The van der Waals surface area contributed by atoms with Gasteiger partial charge in [0.2, 0.25) is 0 Å². The number of rotatable bonds is 7. The van der Waals surface area contributed by atoms with Gasteiger partial charge < -0.3 is 14.8 Å². The minimum atomic E-state index is 0.516. The van der Waals surface area contributed by atoms with Crippen LogP contribution in [0.1, 0.15) is 24.5 Å². The van der Waals surface area contributed by atoms with E-state index < -0.39 is 0 Å². The molecular weight excluding hydrogens is 226 g/mol. The Bertz CT molecular complexity index is 379. The van der Waals surface area contributed by atoms with E-state index in [0.29, 0.717) is 6.04 Å². The summed E-state index contributed by atoms with van der Waals surface area (Å²) in [6.45, 7) is 4.88. The van der Waals surface area contributed by atoms with Crippen LogP contribution in [0.5, 0.6) is 5.75 Å². The van der Waals surface area contributed by atoms with Crippen molar-refractivity contribution in [1.29, 1.82) is 0 Å². The van der Waals surface area contributed by atoms with Crippen molar-refractivity contribution < 1.29 is 9.47 Å². The third-order valence-corrected chi connectivity index (χ3v) is 3.42. The third kappa shape index (κ3) is 3.72. The molecule has 1 aromatic carbocycles. The van der Waals surface area contributed by atoms with E-state index in [0.717, 1.165) is 44.8 Å². The maximum Gasteiger partial charge on any atom is 0.122 e. The second-order valence-electron chi connectivity index (χ2n) is 4.93. The van der Waals surface area contributed by atoms with Crippen molar-refractivity contribution in [2.45, 2.75) is 32.2 Å². The van der Waals surface area contributed by atoms with Crippen LogP contribution < -0.4 is 10.1 Å². The topological polar surface area (TPSA) is 30.5 Å². The standard InChI is InChI=1S/C15H23NO2/c1-12(6-9-17-2)16-8-5-13-3-4-15-14(11-13)7-10-18-15/h3-4,11-12,16H,5-10H2,1-2H3. The smallest absolute Gasteiger partial charge is 0.122 e. The van der Waals surface area contributed by atoms with Gasteiger partial charge >= 0.3 is 0 Å². The van der Waals surface area contributed by atoms with Crippen LogP contribution in [0.2, 0.25) is 0 Å². The average Bonchev–Trinajstić information content (AvgIpc) is 2.83. The van der Waals surface area contributed by atoms with Crippen LogP contribution in [0.15, 0.2) is 18.2 Å². The number of ether oxygens (including phenoxy) is 2. The molecule has 0 saturated heterocycles. The van der Waals surface area contributed by atoms with E-state index in [1.54, 1.807) is 7.11 Å². The predicted molar refractivity (Wildman–Crippen MR) is 73.3 cm³/mol. The van der Waals surface area contributed by atoms with Crippen molar-refractivity contribution in [1.82, 2.24) is 5.32 Å². The van der Waals surface area contributed by atoms with Gasteiger partial charge in [-0.3, -0.25) is 0 Å². The van der Waals surface area contributed by atoms with Gasteiger partial charge in [0, 0.05) is 26.2 Å². The molecule has 1 aromatic rings. The molecule has 1 N–H and O–H groups in total. The Morgan fingerprint density at radius 2 is 2.33 bits per heavy atom. The maximum atomic E-state index is 5.51. The van der Waals surface area contributed by atoms with E-state index in [4.69, 9.17) is 9.47 Å². The Kier molecular flexibility index (Phi) is 5.02. The number of fused-ring (bicyclic) bond motifs is 1. The quantitative estimate of drug-likeness (QED) is 0.803. The number of hydrogen-bond acceptors (Lipinski definition) is 3. The Balaban J connectivity index is 1.73. The van der Waals surface area contributed by atoms with Crippen LogP contribution in [-0.2, 0) is 17.6 Å². The number of hydrogen-bond donors (Lipinski definition) is 1. The molecule has 18 heavy (non-hydrogen) atoms. The van der Waals surface area contributed by atoms with Crippen molar-refractivity contribution >= 4 is 0 Å². The summed E-state index contributed by atoms with van der Waals surface area (Å²) in [5, 5.41) is 3.52. The molecule has 100 valence electrons. The molecule has 1 aliphatic rings. The van der Waals surface area contributed by atoms with Crippen LogP contribution in [0.4, 0.5) is 0 Å². The van der Waals surface area contributed by atoms with Crippen molar-refractivity contribution in [3.63, 3.8) is 0 Å². The zero-order chi connectivity index (χ0) is 12.8. The second kappa shape index (κ2) is 6.76. The van der Waals surface area contributed by atoms with Gasteiger partial charge in [-0.1, -0.05) is 12.1 Å². The average molecular weight is 249 g/mol. The van der Waals surface area contributed by atoms with Crippen molar-refractivity contribution in [2.75, 3.05) is 26.9 Å². The van der Waals surface area contributed by atoms with Crippen LogP contribution in [0.25, 0.3) is 0 Å². The molecule has 3 nitrogen and oxygen atoms in total. The molecule has 1 aliphatic heterocycles. The molecule has 0 saturated carbocycles. The fourth-order valence-corrected chi connectivity index (χ4v) is 2.26. The van der Waals surface area contributed by atoms with Gasteiger partial charge in [-0.05, 0) is 43.5 Å². The molecule has 2 rings (SSSR count). The van der Waals surface area contributed by atoms with Gasteiger partial charge in [-0.2, -0.15) is 0 Å². The zero-order valence-corrected chi connectivity index (χ0v) is 11.4. The number of nitrogens with one attached hydrogen (secondary N) is 1. The summed E-state index contributed by atoms with van der Waals surface area (Å²) in [6, 6.07) is 7.07. The highest BCUT2D eigenvalue weighted by Crippen LogP contribution is 2.25. The minimum Gasteiger partial charge on any atom is -0.493 e. The SMILES string of the molecule is COCCC(C)NCCc1ccc2c(c1)CCO2. The lowest BCUT2D eigenvalue weighted by molar-refractivity contribution is 0.185. The third-order valence-electron chi connectivity index (χ3n) is 3.42. The molecule has 0 amide bonds. The normalized spacial score (nSPS) is 15.2. The van der Waals surface area contributed by atoms with Crippen molar-refractivity contribution in [3.8, 4) is 5.75 Å². The highest BCUT2D eigenvalue weighted by molar-refractivity contribution is 5.39. The van der Waals surface area contributed by atoms with Crippen LogP contribution in [-0.4, -0.2) is 32.9 Å². The largest absolute Gasteiger partial charge is 0.493 e. The van der Waals surface area contributed by atoms with E-state index in [-0.39, 0.29) is 0 Å². The highest BCUT2D eigenvalue weighted by Gasteiger charge is 2.11. The zero-order valence-electron chi connectivity index (χ0n) is 11.4. The Hall–Kier alpha value is -1.06. The van der Waals surface area contributed by atoms with Gasteiger partial charge in [-0.15, -0.1) is 0 Å². The van der Waals surface area contributed by atoms with E-state index in [2.05, 4.69) is 30.4 Å². The highest BCUT2D eigenvalue weighted by atomic mass is 16.5. The van der Waals surface area contributed by atoms with Gasteiger partial charge in [0.05, 0.1) is 6.61 Å². The van der Waals surface area contributed by atoms with E-state index in [1.165, 1.54) is 11.1 Å². The van der Waals surface area contributed by atoms with Gasteiger partial charge in [0.1, 0.15) is 5.75 Å². The molecule has 0 radical (unpaired) electrons. The molecule has 0 spiro atoms. The first kappa shape index (κ1) is 13.4. The molecular formula is C15H23NO2. The summed E-state index contributed by atoms with van der Waals surface area (Å²) in [4.78, 5) is 0. The lowest BCUT2D eigenvalue weighted by Gasteiger charge is -2.13. The number of methoxy groups -OCH3 is 1. The summed E-state index contributed by atoms with van der Waals surface area (Å²) in [5.74, 6) is 1.07. The predicted octanol–water partition coefficient (Wildman–Crippen LogP) is 2.18. The van der Waals surface area contributed by atoms with E-state index in [1.807, 2.05) is 0 Å². The molecule has 1 heterocycles.